The lowest BCUT2D eigenvalue weighted by Crippen LogP contribution is -2.41. The van der Waals surface area contributed by atoms with Gasteiger partial charge in [0.25, 0.3) is 0 Å². The standard InChI is InChI=1S/C13H15BCl2F2O3/c1-12(2)13(3,4)21-14(20-12)8-5-7(15)6-9(16)10(8)19-11(17)18/h5-6,11H,1-4H3. The Morgan fingerprint density at radius 2 is 1.62 bits per heavy atom. The van der Waals surface area contributed by atoms with Crippen molar-refractivity contribution in [2.45, 2.75) is 45.5 Å². The Kier molecular flexibility index (Phi) is 4.46. The van der Waals surface area contributed by atoms with Crippen molar-refractivity contribution in [1.29, 1.82) is 0 Å². The maximum atomic E-state index is 12.6. The first kappa shape index (κ1) is 16.8. The zero-order chi connectivity index (χ0) is 16.0. The Hall–Kier alpha value is -0.555. The average Bonchev–Trinajstić information content (AvgIpc) is 2.51. The van der Waals surface area contributed by atoms with Crippen molar-refractivity contribution in [1.82, 2.24) is 0 Å². The monoisotopic (exact) mass is 338 g/mol. The third-order valence-corrected chi connectivity index (χ3v) is 4.25. The predicted molar refractivity (Wildman–Crippen MR) is 78.8 cm³/mol. The van der Waals surface area contributed by atoms with Crippen LogP contribution in [0.5, 0.6) is 5.75 Å². The van der Waals surface area contributed by atoms with Crippen molar-refractivity contribution >= 4 is 35.8 Å². The first-order valence-corrected chi connectivity index (χ1v) is 7.08. The summed E-state index contributed by atoms with van der Waals surface area (Å²) in [6.45, 7) is 4.41. The normalized spacial score (nSPS) is 20.1. The number of hydrogen-bond acceptors (Lipinski definition) is 3. The molecule has 0 bridgehead atoms. The van der Waals surface area contributed by atoms with Crippen LogP contribution in [0.3, 0.4) is 0 Å². The van der Waals surface area contributed by atoms with E-state index < -0.39 is 24.9 Å². The first-order valence-electron chi connectivity index (χ1n) is 6.33. The minimum Gasteiger partial charge on any atom is -0.434 e. The average molecular weight is 339 g/mol. The molecule has 116 valence electrons. The van der Waals surface area contributed by atoms with Crippen molar-refractivity contribution in [3.8, 4) is 5.75 Å². The van der Waals surface area contributed by atoms with E-state index in [0.717, 1.165) is 0 Å². The molecule has 0 amide bonds. The zero-order valence-corrected chi connectivity index (χ0v) is 13.6. The second kappa shape index (κ2) is 5.58. The number of alkyl halides is 2. The molecule has 0 saturated carbocycles. The van der Waals surface area contributed by atoms with E-state index in [4.69, 9.17) is 32.5 Å². The molecule has 0 spiro atoms. The molecule has 0 aliphatic carbocycles. The van der Waals surface area contributed by atoms with E-state index in [1.165, 1.54) is 12.1 Å². The molecule has 1 aromatic rings. The molecule has 0 aromatic heterocycles. The topological polar surface area (TPSA) is 27.7 Å². The Balaban J connectivity index is 2.45. The summed E-state index contributed by atoms with van der Waals surface area (Å²) in [6, 6.07) is 2.78. The van der Waals surface area contributed by atoms with Gasteiger partial charge < -0.3 is 14.0 Å². The van der Waals surface area contributed by atoms with Crippen molar-refractivity contribution in [2.24, 2.45) is 0 Å². The van der Waals surface area contributed by atoms with Crippen molar-refractivity contribution in [3.05, 3.63) is 22.2 Å². The fraction of sp³-hybridized carbons (Fsp3) is 0.538. The van der Waals surface area contributed by atoms with E-state index in [1.807, 2.05) is 27.7 Å². The van der Waals surface area contributed by atoms with Crippen LogP contribution in [0.1, 0.15) is 27.7 Å². The van der Waals surface area contributed by atoms with Crippen LogP contribution in [0.15, 0.2) is 12.1 Å². The molecule has 1 heterocycles. The van der Waals surface area contributed by atoms with E-state index in [2.05, 4.69) is 4.74 Å². The molecule has 1 saturated heterocycles. The zero-order valence-electron chi connectivity index (χ0n) is 12.0. The maximum absolute atomic E-state index is 12.6. The van der Waals surface area contributed by atoms with Crippen LogP contribution in [-0.2, 0) is 9.31 Å². The van der Waals surface area contributed by atoms with E-state index >= 15 is 0 Å². The molecule has 0 radical (unpaired) electrons. The van der Waals surface area contributed by atoms with Gasteiger partial charge in [-0.15, -0.1) is 0 Å². The third-order valence-electron chi connectivity index (χ3n) is 3.75. The molecule has 1 aromatic carbocycles. The third kappa shape index (κ3) is 3.28. The molecular formula is C13H15BCl2F2O3. The molecule has 2 rings (SSSR count). The van der Waals surface area contributed by atoms with E-state index in [1.54, 1.807) is 0 Å². The van der Waals surface area contributed by atoms with Crippen molar-refractivity contribution in [2.75, 3.05) is 0 Å². The van der Waals surface area contributed by atoms with Gasteiger partial charge in [-0.1, -0.05) is 23.2 Å². The molecule has 0 N–H and O–H groups in total. The second-order valence-electron chi connectivity index (χ2n) is 5.77. The van der Waals surface area contributed by atoms with E-state index in [0.29, 0.717) is 0 Å². The summed E-state index contributed by atoms with van der Waals surface area (Å²) in [4.78, 5) is 0. The molecule has 21 heavy (non-hydrogen) atoms. The van der Waals surface area contributed by atoms with Gasteiger partial charge in [0, 0.05) is 10.5 Å². The summed E-state index contributed by atoms with van der Waals surface area (Å²) in [5, 5.41) is 0.263. The van der Waals surface area contributed by atoms with E-state index in [9.17, 15) is 8.78 Å². The molecule has 3 nitrogen and oxygen atoms in total. The van der Waals surface area contributed by atoms with Crippen LogP contribution in [0.2, 0.25) is 10.0 Å². The lowest BCUT2D eigenvalue weighted by molar-refractivity contribution is -0.0492. The van der Waals surface area contributed by atoms with Crippen LogP contribution in [0, 0.1) is 0 Å². The summed E-state index contributed by atoms with van der Waals surface area (Å²) >= 11 is 11.9. The highest BCUT2D eigenvalue weighted by molar-refractivity contribution is 6.64. The van der Waals surface area contributed by atoms with Crippen molar-refractivity contribution in [3.63, 3.8) is 0 Å². The first-order chi connectivity index (χ1) is 9.53. The summed E-state index contributed by atoms with van der Waals surface area (Å²) in [5.41, 5.74) is -0.991. The van der Waals surface area contributed by atoms with Gasteiger partial charge in [0.1, 0.15) is 5.75 Å². The van der Waals surface area contributed by atoms with Crippen LogP contribution in [0.25, 0.3) is 0 Å². The van der Waals surface area contributed by atoms with Gasteiger partial charge in [0.15, 0.2) is 0 Å². The minimum atomic E-state index is -3.01. The Morgan fingerprint density at radius 3 is 2.10 bits per heavy atom. The fourth-order valence-corrected chi connectivity index (χ4v) is 2.49. The Morgan fingerprint density at radius 1 is 1.10 bits per heavy atom. The smallest absolute Gasteiger partial charge is 0.434 e. The van der Waals surface area contributed by atoms with Crippen LogP contribution >= 0.6 is 23.2 Å². The van der Waals surface area contributed by atoms with Gasteiger partial charge in [0.05, 0.1) is 16.2 Å². The maximum Gasteiger partial charge on any atom is 0.498 e. The second-order valence-corrected chi connectivity index (χ2v) is 6.62. The summed E-state index contributed by atoms with van der Waals surface area (Å²) in [5.74, 6) is -0.186. The molecular weight excluding hydrogens is 324 g/mol. The van der Waals surface area contributed by atoms with Crippen molar-refractivity contribution < 1.29 is 22.8 Å². The molecule has 8 heteroatoms. The van der Waals surface area contributed by atoms with Crippen LogP contribution in [-0.4, -0.2) is 24.9 Å². The molecule has 0 atom stereocenters. The lowest BCUT2D eigenvalue weighted by atomic mass is 9.78. The summed E-state index contributed by atoms with van der Waals surface area (Å²) in [6.07, 6.45) is 0. The minimum absolute atomic E-state index is 0.0208. The van der Waals surface area contributed by atoms with Crippen LogP contribution in [0.4, 0.5) is 8.78 Å². The van der Waals surface area contributed by atoms with Gasteiger partial charge in [-0.3, -0.25) is 0 Å². The molecule has 1 fully saturated rings. The lowest BCUT2D eigenvalue weighted by Gasteiger charge is -2.32. The number of hydrogen-bond donors (Lipinski definition) is 0. The highest BCUT2D eigenvalue weighted by Crippen LogP contribution is 2.38. The highest BCUT2D eigenvalue weighted by Gasteiger charge is 2.52. The quantitative estimate of drug-likeness (QED) is 0.782. The number of benzene rings is 1. The van der Waals surface area contributed by atoms with Gasteiger partial charge in [-0.2, -0.15) is 8.78 Å². The summed E-state index contributed by atoms with van der Waals surface area (Å²) in [7, 11) is -0.889. The molecule has 1 aliphatic rings. The predicted octanol–water partition coefficient (Wildman–Crippen LogP) is 3.89. The van der Waals surface area contributed by atoms with E-state index in [-0.39, 0.29) is 21.3 Å². The van der Waals surface area contributed by atoms with Gasteiger partial charge >= 0.3 is 13.7 Å². The molecule has 1 aliphatic heterocycles. The number of rotatable bonds is 3. The number of ether oxygens (including phenoxy) is 1. The largest absolute Gasteiger partial charge is 0.498 e. The molecule has 0 unspecified atom stereocenters. The van der Waals surface area contributed by atoms with Gasteiger partial charge in [0.2, 0.25) is 0 Å². The van der Waals surface area contributed by atoms with Gasteiger partial charge in [-0.05, 0) is 39.8 Å². The Bertz CT molecular complexity index is 536. The van der Waals surface area contributed by atoms with Crippen LogP contribution < -0.4 is 10.2 Å². The highest BCUT2D eigenvalue weighted by atomic mass is 35.5. The summed E-state index contributed by atoms with van der Waals surface area (Å²) < 4.78 is 41.3. The fourth-order valence-electron chi connectivity index (χ4n) is 1.94. The van der Waals surface area contributed by atoms with Gasteiger partial charge in [-0.25, -0.2) is 0 Å². The number of halogens is 4. The Labute approximate surface area is 132 Å². The SMILES string of the molecule is CC1(C)OB(c2cc(Cl)cc(Cl)c2OC(F)F)OC1(C)C.